The molecule has 2 aliphatic heterocycles. The number of nitrogens with one attached hydrogen (secondary N) is 2. The summed E-state index contributed by atoms with van der Waals surface area (Å²) in [6.45, 7) is 3.40. The first-order chi connectivity index (χ1) is 20.2. The highest BCUT2D eigenvalue weighted by molar-refractivity contribution is 5.64. The third-order valence-electron chi connectivity index (χ3n) is 7.45. The highest BCUT2D eigenvalue weighted by Gasteiger charge is 2.36. The molecule has 42 heavy (non-hydrogen) atoms. The van der Waals surface area contributed by atoms with Crippen LogP contribution < -0.4 is 20.4 Å². The fourth-order valence-electron chi connectivity index (χ4n) is 5.07. The smallest absolute Gasteiger partial charge is 0.419 e. The first-order valence-electron chi connectivity index (χ1n) is 14.0. The molecule has 4 heterocycles. The molecule has 0 unspecified atom stereocenters. The quantitative estimate of drug-likeness (QED) is 0.387. The number of halogens is 3. The van der Waals surface area contributed by atoms with Crippen LogP contribution in [0.5, 0.6) is 0 Å². The predicted octanol–water partition coefficient (Wildman–Crippen LogP) is 4.84. The molecular formula is C29H34F3N7O3. The summed E-state index contributed by atoms with van der Waals surface area (Å²) in [5.41, 5.74) is 3.38. The van der Waals surface area contributed by atoms with Crippen LogP contribution in [-0.4, -0.2) is 72.6 Å². The summed E-state index contributed by atoms with van der Waals surface area (Å²) in [6, 6.07) is 10.9. The Hall–Kier alpha value is -4.13. The van der Waals surface area contributed by atoms with E-state index in [1.165, 1.54) is 37.7 Å². The van der Waals surface area contributed by atoms with Crippen molar-refractivity contribution in [1.29, 1.82) is 0 Å². The molecule has 0 atom stereocenters. The third kappa shape index (κ3) is 7.19. The van der Waals surface area contributed by atoms with E-state index >= 15 is 0 Å². The minimum Gasteiger partial charge on any atom is -0.465 e. The Balaban J connectivity index is 0.000000652. The van der Waals surface area contributed by atoms with Gasteiger partial charge in [-0.1, -0.05) is 12.1 Å². The molecule has 0 radical (unpaired) electrons. The minimum absolute atomic E-state index is 0.0330. The number of fused-ring (bicyclic) bond motifs is 1. The highest BCUT2D eigenvalue weighted by Crippen LogP contribution is 2.40. The summed E-state index contributed by atoms with van der Waals surface area (Å²) in [7, 11) is 1.35. The van der Waals surface area contributed by atoms with Crippen molar-refractivity contribution >= 4 is 29.4 Å². The summed E-state index contributed by atoms with van der Waals surface area (Å²) in [5, 5.41) is 13.0. The van der Waals surface area contributed by atoms with Gasteiger partial charge < -0.3 is 30.3 Å². The first kappa shape index (κ1) is 29.4. The topological polar surface area (TPSA) is 116 Å². The maximum atomic E-state index is 13.7. The van der Waals surface area contributed by atoms with Crippen LogP contribution in [0, 0.1) is 0 Å². The standard InChI is InChI=1S/C27H29F3N6O.C2H5NO2/c28-27(29,30)22-2-1-11-31-25(22)35-12-9-21-23(10-13-35)33-26(36-14-16-37-17-15-36)34-24(21)32-20-7-5-19(6-8-20)18-3-4-18;1-3-2(4)5/h1-2,5-8,11,18H,3-4,9-10,12-17H2,(H,32,33,34);3H,1H3,(H,4,5). The number of carboxylic acid groups (broad SMARTS) is 1. The number of pyridine rings is 1. The largest absolute Gasteiger partial charge is 0.465 e. The number of rotatable bonds is 5. The van der Waals surface area contributed by atoms with E-state index in [-0.39, 0.29) is 5.82 Å². The van der Waals surface area contributed by atoms with Crippen molar-refractivity contribution in [3.63, 3.8) is 0 Å². The number of aromatic nitrogens is 3. The van der Waals surface area contributed by atoms with Crippen molar-refractivity contribution in [3.05, 3.63) is 65.0 Å². The van der Waals surface area contributed by atoms with Gasteiger partial charge >= 0.3 is 12.3 Å². The van der Waals surface area contributed by atoms with Gasteiger partial charge in [-0.15, -0.1) is 0 Å². The molecule has 0 bridgehead atoms. The molecule has 13 heteroatoms. The number of benzene rings is 1. The zero-order valence-corrected chi connectivity index (χ0v) is 23.3. The predicted molar refractivity (Wildman–Crippen MR) is 153 cm³/mol. The van der Waals surface area contributed by atoms with Gasteiger partial charge in [0.2, 0.25) is 5.95 Å². The Morgan fingerprint density at radius 2 is 1.69 bits per heavy atom. The molecule has 6 rings (SSSR count). The van der Waals surface area contributed by atoms with Crippen molar-refractivity contribution in [2.75, 3.05) is 61.6 Å². The van der Waals surface area contributed by atoms with Crippen molar-refractivity contribution < 1.29 is 27.8 Å². The van der Waals surface area contributed by atoms with Crippen LogP contribution in [0.3, 0.4) is 0 Å². The monoisotopic (exact) mass is 585 g/mol. The van der Waals surface area contributed by atoms with Gasteiger partial charge in [0, 0.05) is 57.1 Å². The Labute approximate surface area is 241 Å². The lowest BCUT2D eigenvalue weighted by Gasteiger charge is -2.28. The molecule has 2 aromatic heterocycles. The van der Waals surface area contributed by atoms with Gasteiger partial charge in [0.1, 0.15) is 11.6 Å². The summed E-state index contributed by atoms with van der Waals surface area (Å²) in [4.78, 5) is 27.0. The van der Waals surface area contributed by atoms with Crippen LogP contribution in [-0.2, 0) is 23.8 Å². The number of hydrogen-bond donors (Lipinski definition) is 3. The fourth-order valence-corrected chi connectivity index (χ4v) is 5.07. The number of alkyl halides is 3. The highest BCUT2D eigenvalue weighted by atomic mass is 19.4. The van der Waals surface area contributed by atoms with Crippen molar-refractivity contribution in [2.24, 2.45) is 0 Å². The van der Waals surface area contributed by atoms with E-state index in [0.29, 0.717) is 69.9 Å². The van der Waals surface area contributed by atoms with Crippen molar-refractivity contribution in [2.45, 2.75) is 37.8 Å². The number of hydrogen-bond acceptors (Lipinski definition) is 8. The van der Waals surface area contributed by atoms with Crippen molar-refractivity contribution in [1.82, 2.24) is 20.3 Å². The lowest BCUT2D eigenvalue weighted by Crippen LogP contribution is -2.37. The number of morpholine rings is 1. The molecule has 10 nitrogen and oxygen atoms in total. The summed E-state index contributed by atoms with van der Waals surface area (Å²) in [6.07, 6.45) is -0.545. The van der Waals surface area contributed by atoms with E-state index in [4.69, 9.17) is 19.8 Å². The van der Waals surface area contributed by atoms with Gasteiger partial charge in [0.05, 0.1) is 24.5 Å². The maximum absolute atomic E-state index is 13.7. The van der Waals surface area contributed by atoms with Gasteiger partial charge in [0.15, 0.2) is 0 Å². The normalized spacial score (nSPS) is 17.0. The average molecular weight is 586 g/mol. The summed E-state index contributed by atoms with van der Waals surface area (Å²) < 4.78 is 46.6. The Morgan fingerprint density at radius 1 is 1.00 bits per heavy atom. The molecule has 3 aliphatic rings. The zero-order chi connectivity index (χ0) is 29.7. The lowest BCUT2D eigenvalue weighted by molar-refractivity contribution is -0.137. The molecule has 224 valence electrons. The lowest BCUT2D eigenvalue weighted by atomic mass is 10.1. The number of carbonyl (C=O) groups is 1. The molecule has 3 N–H and O–H groups in total. The summed E-state index contributed by atoms with van der Waals surface area (Å²) in [5.74, 6) is 1.98. The molecule has 3 aromatic rings. The number of anilines is 4. The molecular weight excluding hydrogens is 551 g/mol. The van der Waals surface area contributed by atoms with E-state index in [0.717, 1.165) is 23.0 Å². The number of amides is 1. The molecule has 0 spiro atoms. The third-order valence-corrected chi connectivity index (χ3v) is 7.45. The van der Waals surface area contributed by atoms with Crippen LogP contribution in [0.25, 0.3) is 0 Å². The Morgan fingerprint density at radius 3 is 2.33 bits per heavy atom. The molecule has 1 aromatic carbocycles. The van der Waals surface area contributed by atoms with Crippen LogP contribution >= 0.6 is 0 Å². The molecule has 1 amide bonds. The fraction of sp³-hybridized carbons (Fsp3) is 0.448. The van der Waals surface area contributed by atoms with E-state index in [1.807, 2.05) is 5.32 Å². The van der Waals surface area contributed by atoms with Gasteiger partial charge in [-0.25, -0.2) is 14.8 Å². The van der Waals surface area contributed by atoms with Crippen molar-refractivity contribution in [3.8, 4) is 0 Å². The van der Waals surface area contributed by atoms with E-state index in [2.05, 4.69) is 39.5 Å². The molecule has 1 saturated heterocycles. The first-order valence-corrected chi connectivity index (χ1v) is 14.0. The molecule has 2 fully saturated rings. The zero-order valence-electron chi connectivity index (χ0n) is 23.3. The second-order valence-corrected chi connectivity index (χ2v) is 10.3. The van der Waals surface area contributed by atoms with Gasteiger partial charge in [-0.3, -0.25) is 0 Å². The Kier molecular flexibility index (Phi) is 8.95. The molecule has 1 aliphatic carbocycles. The Bertz CT molecular complexity index is 1380. The SMILES string of the molecule is CNC(=O)O.FC(F)(F)c1cccnc1N1CCc2nc(N3CCOCC3)nc(Nc3ccc(C4CC4)cc3)c2CC1. The number of nitrogens with zero attached hydrogens (tertiary/aromatic N) is 5. The van der Waals surface area contributed by atoms with Crippen LogP contribution in [0.1, 0.15) is 41.1 Å². The second kappa shape index (κ2) is 12.8. The van der Waals surface area contributed by atoms with Crippen LogP contribution in [0.4, 0.5) is 41.2 Å². The van der Waals surface area contributed by atoms with Gasteiger partial charge in [-0.2, -0.15) is 18.2 Å². The van der Waals surface area contributed by atoms with E-state index < -0.39 is 17.8 Å². The molecule has 1 saturated carbocycles. The minimum atomic E-state index is -4.47. The van der Waals surface area contributed by atoms with Gasteiger partial charge in [0.25, 0.3) is 0 Å². The average Bonchev–Trinajstić information content (AvgIpc) is 3.86. The maximum Gasteiger partial charge on any atom is 0.419 e. The van der Waals surface area contributed by atoms with Gasteiger partial charge in [-0.05, 0) is 55.0 Å². The number of ether oxygens (including phenoxy) is 1. The summed E-state index contributed by atoms with van der Waals surface area (Å²) >= 11 is 0. The van der Waals surface area contributed by atoms with Crippen LogP contribution in [0.2, 0.25) is 0 Å². The van der Waals surface area contributed by atoms with E-state index in [1.54, 1.807) is 4.90 Å². The van der Waals surface area contributed by atoms with Crippen LogP contribution in [0.15, 0.2) is 42.6 Å². The second-order valence-electron chi connectivity index (χ2n) is 10.3. The van der Waals surface area contributed by atoms with E-state index in [9.17, 15) is 18.0 Å².